The molecule has 0 aliphatic carbocycles. The van der Waals surface area contributed by atoms with Gasteiger partial charge in [-0.15, -0.1) is 0 Å². The largest absolute Gasteiger partial charge is 0.475 e. The van der Waals surface area contributed by atoms with Crippen LogP contribution in [0.25, 0.3) is 0 Å². The van der Waals surface area contributed by atoms with Crippen LogP contribution < -0.4 is 4.74 Å². The SMILES string of the molecule is CC(C)Oc1ncccc1[C@@H]1CCCN1C(=O)OC(C)(C)C. The van der Waals surface area contributed by atoms with Crippen molar-refractivity contribution in [3.63, 3.8) is 0 Å². The zero-order chi connectivity index (χ0) is 16.3. The first-order valence-electron chi connectivity index (χ1n) is 7.89. The van der Waals surface area contributed by atoms with Gasteiger partial charge in [-0.05, 0) is 53.5 Å². The summed E-state index contributed by atoms with van der Waals surface area (Å²) in [6.45, 7) is 10.3. The average Bonchev–Trinajstić information content (AvgIpc) is 2.85. The summed E-state index contributed by atoms with van der Waals surface area (Å²) < 4.78 is 11.3. The molecule has 0 aromatic carbocycles. The van der Waals surface area contributed by atoms with E-state index in [0.717, 1.165) is 18.4 Å². The lowest BCUT2D eigenvalue weighted by atomic mass is 10.1. The van der Waals surface area contributed by atoms with Gasteiger partial charge in [-0.25, -0.2) is 9.78 Å². The van der Waals surface area contributed by atoms with Gasteiger partial charge < -0.3 is 14.4 Å². The maximum atomic E-state index is 12.4. The zero-order valence-corrected chi connectivity index (χ0v) is 14.1. The van der Waals surface area contributed by atoms with Crippen LogP contribution in [0.5, 0.6) is 5.88 Å². The van der Waals surface area contributed by atoms with Crippen LogP contribution >= 0.6 is 0 Å². The van der Waals surface area contributed by atoms with Crippen LogP contribution in [-0.4, -0.2) is 34.2 Å². The molecule has 5 nitrogen and oxygen atoms in total. The van der Waals surface area contributed by atoms with Crippen molar-refractivity contribution in [2.45, 2.75) is 65.2 Å². The van der Waals surface area contributed by atoms with Crippen molar-refractivity contribution in [1.29, 1.82) is 0 Å². The van der Waals surface area contributed by atoms with E-state index in [9.17, 15) is 4.79 Å². The summed E-state index contributed by atoms with van der Waals surface area (Å²) in [5, 5.41) is 0. The maximum Gasteiger partial charge on any atom is 0.410 e. The fourth-order valence-corrected chi connectivity index (χ4v) is 2.61. The van der Waals surface area contributed by atoms with Gasteiger partial charge in [-0.2, -0.15) is 0 Å². The molecule has 1 aromatic rings. The molecule has 22 heavy (non-hydrogen) atoms. The summed E-state index contributed by atoms with van der Waals surface area (Å²) in [5.74, 6) is 0.609. The molecule has 2 heterocycles. The summed E-state index contributed by atoms with van der Waals surface area (Å²) in [4.78, 5) is 18.5. The molecular formula is C17H26N2O3. The van der Waals surface area contributed by atoms with Gasteiger partial charge in [0.05, 0.1) is 12.1 Å². The normalized spacial score (nSPS) is 18.6. The Hall–Kier alpha value is -1.78. The number of nitrogens with zero attached hydrogens (tertiary/aromatic N) is 2. The second kappa shape index (κ2) is 6.55. The first-order valence-corrected chi connectivity index (χ1v) is 7.89. The van der Waals surface area contributed by atoms with E-state index in [-0.39, 0.29) is 18.2 Å². The zero-order valence-electron chi connectivity index (χ0n) is 14.1. The highest BCUT2D eigenvalue weighted by molar-refractivity contribution is 5.69. The van der Waals surface area contributed by atoms with E-state index in [1.54, 1.807) is 11.1 Å². The molecule has 0 bridgehead atoms. The number of amides is 1. The van der Waals surface area contributed by atoms with E-state index in [0.29, 0.717) is 12.4 Å². The van der Waals surface area contributed by atoms with Crippen LogP contribution in [0.15, 0.2) is 18.3 Å². The highest BCUT2D eigenvalue weighted by Gasteiger charge is 2.35. The Balaban J connectivity index is 2.22. The number of aromatic nitrogens is 1. The molecule has 5 heteroatoms. The quantitative estimate of drug-likeness (QED) is 0.848. The van der Waals surface area contributed by atoms with E-state index in [2.05, 4.69) is 4.98 Å². The van der Waals surface area contributed by atoms with Crippen molar-refractivity contribution < 1.29 is 14.3 Å². The summed E-state index contributed by atoms with van der Waals surface area (Å²) in [7, 11) is 0. The van der Waals surface area contributed by atoms with Gasteiger partial charge in [0.2, 0.25) is 5.88 Å². The predicted octanol–water partition coefficient (Wildman–Crippen LogP) is 3.94. The number of carbonyl (C=O) groups is 1. The number of likely N-dealkylation sites (tertiary alicyclic amines) is 1. The Bertz CT molecular complexity index is 523. The van der Waals surface area contributed by atoms with E-state index >= 15 is 0 Å². The van der Waals surface area contributed by atoms with Gasteiger partial charge in [0.1, 0.15) is 5.60 Å². The summed E-state index contributed by atoms with van der Waals surface area (Å²) in [6.07, 6.45) is 3.35. The Kier molecular flexibility index (Phi) is 4.94. The van der Waals surface area contributed by atoms with Crippen LogP contribution in [0.4, 0.5) is 4.79 Å². The number of carbonyl (C=O) groups excluding carboxylic acids is 1. The minimum absolute atomic E-state index is 0.0303. The molecule has 1 saturated heterocycles. The molecule has 1 fully saturated rings. The van der Waals surface area contributed by atoms with Crippen LogP contribution in [0.1, 0.15) is 59.1 Å². The van der Waals surface area contributed by atoms with Crippen molar-refractivity contribution in [2.24, 2.45) is 0 Å². The minimum atomic E-state index is -0.490. The van der Waals surface area contributed by atoms with Gasteiger partial charge in [-0.1, -0.05) is 6.07 Å². The molecular weight excluding hydrogens is 280 g/mol. The predicted molar refractivity (Wildman–Crippen MR) is 84.9 cm³/mol. The van der Waals surface area contributed by atoms with Crippen molar-refractivity contribution in [2.75, 3.05) is 6.54 Å². The molecule has 1 aliphatic heterocycles. The summed E-state index contributed by atoms with van der Waals surface area (Å²) in [6, 6.07) is 3.84. The Morgan fingerprint density at radius 2 is 2.14 bits per heavy atom. The standard InChI is InChI=1S/C17H26N2O3/c1-12(2)21-15-13(8-6-10-18-15)14-9-7-11-19(14)16(20)22-17(3,4)5/h6,8,10,12,14H,7,9,11H2,1-5H3/t14-/m0/s1. The smallest absolute Gasteiger partial charge is 0.410 e. The second-order valence-electron chi connectivity index (χ2n) is 6.90. The topological polar surface area (TPSA) is 51.7 Å². The van der Waals surface area contributed by atoms with Crippen LogP contribution in [0.3, 0.4) is 0 Å². The lowest BCUT2D eigenvalue weighted by molar-refractivity contribution is 0.0222. The maximum absolute atomic E-state index is 12.4. The fraction of sp³-hybridized carbons (Fsp3) is 0.647. The highest BCUT2D eigenvalue weighted by atomic mass is 16.6. The third-order valence-electron chi connectivity index (χ3n) is 3.39. The molecule has 0 saturated carbocycles. The molecule has 0 radical (unpaired) electrons. The molecule has 2 rings (SSSR count). The molecule has 1 amide bonds. The summed E-state index contributed by atoms with van der Waals surface area (Å²) >= 11 is 0. The molecule has 0 unspecified atom stereocenters. The minimum Gasteiger partial charge on any atom is -0.475 e. The van der Waals surface area contributed by atoms with Crippen molar-refractivity contribution in [3.05, 3.63) is 23.9 Å². The first kappa shape index (κ1) is 16.6. The Morgan fingerprint density at radius 3 is 2.77 bits per heavy atom. The second-order valence-corrected chi connectivity index (χ2v) is 6.90. The van der Waals surface area contributed by atoms with E-state index < -0.39 is 5.60 Å². The number of hydrogen-bond donors (Lipinski definition) is 0. The number of ether oxygens (including phenoxy) is 2. The van der Waals surface area contributed by atoms with Gasteiger partial charge in [-0.3, -0.25) is 0 Å². The molecule has 1 aromatic heterocycles. The first-order chi connectivity index (χ1) is 10.3. The van der Waals surface area contributed by atoms with Crippen LogP contribution in [0, 0.1) is 0 Å². The van der Waals surface area contributed by atoms with Crippen molar-refractivity contribution in [1.82, 2.24) is 9.88 Å². The van der Waals surface area contributed by atoms with Crippen LogP contribution in [-0.2, 0) is 4.74 Å². The van der Waals surface area contributed by atoms with Gasteiger partial charge in [0.25, 0.3) is 0 Å². The third kappa shape index (κ3) is 4.12. The number of pyridine rings is 1. The van der Waals surface area contributed by atoms with Crippen molar-refractivity contribution in [3.8, 4) is 5.88 Å². The molecule has 0 N–H and O–H groups in total. The van der Waals surface area contributed by atoms with Gasteiger partial charge in [0, 0.05) is 18.3 Å². The number of rotatable bonds is 3. The highest BCUT2D eigenvalue weighted by Crippen LogP contribution is 2.37. The molecule has 122 valence electrons. The van der Waals surface area contributed by atoms with Gasteiger partial charge in [0.15, 0.2) is 0 Å². The molecule has 0 spiro atoms. The van der Waals surface area contributed by atoms with E-state index in [4.69, 9.17) is 9.47 Å². The Labute approximate surface area is 132 Å². The van der Waals surface area contributed by atoms with E-state index in [1.165, 1.54) is 0 Å². The lowest BCUT2D eigenvalue weighted by Gasteiger charge is -2.29. The monoisotopic (exact) mass is 306 g/mol. The molecule has 1 aliphatic rings. The summed E-state index contributed by atoms with van der Waals surface area (Å²) in [5.41, 5.74) is 0.468. The lowest BCUT2D eigenvalue weighted by Crippen LogP contribution is -2.36. The average molecular weight is 306 g/mol. The Morgan fingerprint density at radius 1 is 1.41 bits per heavy atom. The van der Waals surface area contributed by atoms with Gasteiger partial charge >= 0.3 is 6.09 Å². The third-order valence-corrected chi connectivity index (χ3v) is 3.39. The molecule has 1 atom stereocenters. The van der Waals surface area contributed by atoms with Crippen molar-refractivity contribution >= 4 is 6.09 Å². The van der Waals surface area contributed by atoms with Crippen LogP contribution in [0.2, 0.25) is 0 Å². The number of hydrogen-bond acceptors (Lipinski definition) is 4. The fourth-order valence-electron chi connectivity index (χ4n) is 2.61. The van der Waals surface area contributed by atoms with E-state index in [1.807, 2.05) is 46.8 Å².